The Labute approximate surface area is 130 Å². The van der Waals surface area contributed by atoms with Gasteiger partial charge < -0.3 is 4.74 Å². The van der Waals surface area contributed by atoms with E-state index in [2.05, 4.69) is 9.57 Å². The molecule has 1 heterocycles. The van der Waals surface area contributed by atoms with Crippen LogP contribution in [0.1, 0.15) is 41.0 Å². The van der Waals surface area contributed by atoms with Gasteiger partial charge in [0.15, 0.2) is 0 Å². The molecule has 106 valence electrons. The summed E-state index contributed by atoms with van der Waals surface area (Å²) in [6, 6.07) is -3.07. The normalized spacial score (nSPS) is 21.9. The second kappa shape index (κ2) is 5.92. The highest BCUT2D eigenvalue weighted by molar-refractivity contribution is 6.30. The first-order chi connectivity index (χ1) is 12.4. The van der Waals surface area contributed by atoms with E-state index in [-0.39, 0.29) is 17.9 Å². The summed E-state index contributed by atoms with van der Waals surface area (Å²) in [6.45, 7) is -3.11. The van der Waals surface area contributed by atoms with Crippen molar-refractivity contribution in [3.63, 3.8) is 0 Å². The molecule has 1 saturated heterocycles. The molecule has 0 radical (unpaired) electrons. The van der Waals surface area contributed by atoms with Crippen molar-refractivity contribution in [2.45, 2.75) is 25.8 Å². The van der Waals surface area contributed by atoms with Gasteiger partial charge >= 0.3 is 6.16 Å². The lowest BCUT2D eigenvalue weighted by molar-refractivity contribution is -0.178. The minimum Gasteiger partial charge on any atom is -0.425 e. The zero-order valence-electron chi connectivity index (χ0n) is 16.9. The summed E-state index contributed by atoms with van der Waals surface area (Å²) in [5.41, 5.74) is -0.745. The van der Waals surface area contributed by atoms with Gasteiger partial charge in [-0.25, -0.2) is 4.79 Å². The third-order valence-electron chi connectivity index (χ3n) is 2.26. The van der Waals surface area contributed by atoms with Gasteiger partial charge in [0.25, 0.3) is 11.8 Å². The monoisotopic (exact) mass is 304 g/mol. The maximum Gasteiger partial charge on any atom is 0.534 e. The minimum absolute atomic E-state index is 0.135. The second-order valence-electron chi connectivity index (χ2n) is 3.65. The number of carbonyl (C=O) groups excluding carboxylic acids is 3. The van der Waals surface area contributed by atoms with E-state index in [0.29, 0.717) is 0 Å². The van der Waals surface area contributed by atoms with Crippen molar-refractivity contribution < 1.29 is 33.6 Å². The lowest BCUT2D eigenvalue weighted by atomic mass is 10.1. The van der Waals surface area contributed by atoms with E-state index < -0.39 is 65.7 Å². The van der Waals surface area contributed by atoms with Gasteiger partial charge in [0, 0.05) is 22.0 Å². The molecule has 1 aliphatic rings. The fourth-order valence-corrected chi connectivity index (χ4v) is 1.44. The van der Waals surface area contributed by atoms with Crippen LogP contribution >= 0.6 is 11.6 Å². The highest BCUT2D eigenvalue weighted by Gasteiger charge is 2.33. The van der Waals surface area contributed by atoms with Crippen molar-refractivity contribution >= 4 is 29.6 Å². The summed E-state index contributed by atoms with van der Waals surface area (Å²) in [5, 5.41) is -0.399. The predicted molar refractivity (Wildman–Crippen MR) is 68.5 cm³/mol. The highest BCUT2D eigenvalue weighted by Crippen LogP contribution is 2.20. The molecule has 1 atom stereocenters. The molecule has 0 aromatic heterocycles. The van der Waals surface area contributed by atoms with E-state index in [1.807, 2.05) is 0 Å². The standard InChI is InChI=1S/C13H12ClNO5/c1-8(9-2-4-10(14)5-3-9)19-13(18)20-15-11(16)6-7-12(15)17/h2-5,8H,6-7H2,1H3/i1D3,2D,3D,4D,5D. The second-order valence-corrected chi connectivity index (χ2v) is 4.03. The number of imide groups is 1. The van der Waals surface area contributed by atoms with Crippen molar-refractivity contribution in [3.05, 3.63) is 34.8 Å². The summed E-state index contributed by atoms with van der Waals surface area (Å²) < 4.78 is 58.2. The van der Waals surface area contributed by atoms with E-state index in [1.54, 1.807) is 0 Å². The predicted octanol–water partition coefficient (Wildman–Crippen LogP) is 2.62. The fourth-order valence-electron chi connectivity index (χ4n) is 1.35. The molecule has 2 amide bonds. The number of nitrogens with zero attached hydrogens (tertiary/aromatic N) is 1. The number of hydroxylamine groups is 2. The van der Waals surface area contributed by atoms with Crippen LogP contribution in [0, 0.1) is 0 Å². The lowest BCUT2D eigenvalue weighted by Crippen LogP contribution is -2.32. The third kappa shape index (κ3) is 3.27. The average Bonchev–Trinajstić information content (AvgIpc) is 2.88. The summed E-state index contributed by atoms with van der Waals surface area (Å²) >= 11 is 5.66. The number of hydrogen-bond donors (Lipinski definition) is 0. The van der Waals surface area contributed by atoms with Crippen LogP contribution in [0.5, 0.6) is 0 Å². The van der Waals surface area contributed by atoms with Crippen LogP contribution in [0.3, 0.4) is 0 Å². The smallest absolute Gasteiger partial charge is 0.425 e. The molecule has 1 aromatic carbocycles. The van der Waals surface area contributed by atoms with Crippen molar-refractivity contribution in [1.82, 2.24) is 5.06 Å². The Bertz CT molecular complexity index is 783. The van der Waals surface area contributed by atoms with Gasteiger partial charge in [-0.1, -0.05) is 28.7 Å². The molecule has 2 rings (SSSR count). The highest BCUT2D eigenvalue weighted by atomic mass is 35.5. The minimum atomic E-state index is -3.11. The van der Waals surface area contributed by atoms with Gasteiger partial charge in [-0.2, -0.15) is 0 Å². The van der Waals surface area contributed by atoms with Crippen molar-refractivity contribution in [3.8, 4) is 0 Å². The first kappa shape index (κ1) is 7.64. The van der Waals surface area contributed by atoms with E-state index in [0.717, 1.165) is 0 Å². The van der Waals surface area contributed by atoms with Crippen LogP contribution in [0.2, 0.25) is 5.02 Å². The van der Waals surface area contributed by atoms with E-state index >= 15 is 0 Å². The topological polar surface area (TPSA) is 72.9 Å². The summed E-state index contributed by atoms with van der Waals surface area (Å²) in [5.74, 6) is -1.64. The molecule has 1 unspecified atom stereocenters. The number of halogens is 1. The number of benzene rings is 1. The molecule has 0 spiro atoms. The molecule has 20 heavy (non-hydrogen) atoms. The van der Waals surface area contributed by atoms with Crippen LogP contribution in [-0.2, 0) is 19.2 Å². The Hall–Kier alpha value is -2.08. The molecule has 0 saturated carbocycles. The van der Waals surface area contributed by atoms with Gasteiger partial charge in [0.05, 0.1) is 5.48 Å². The maximum absolute atomic E-state index is 11.9. The Morgan fingerprint density at radius 3 is 2.50 bits per heavy atom. The molecule has 0 bridgehead atoms. The molecule has 1 fully saturated rings. The van der Waals surface area contributed by atoms with Crippen LogP contribution in [-0.4, -0.2) is 23.0 Å². The largest absolute Gasteiger partial charge is 0.534 e. The fraction of sp³-hybridized carbons (Fsp3) is 0.308. The molecular weight excluding hydrogens is 286 g/mol. The zero-order chi connectivity index (χ0) is 20.7. The summed E-state index contributed by atoms with van der Waals surface area (Å²) in [7, 11) is 0. The Balaban J connectivity index is 2.39. The van der Waals surface area contributed by atoms with Crippen molar-refractivity contribution in [2.24, 2.45) is 0 Å². The average molecular weight is 305 g/mol. The van der Waals surface area contributed by atoms with Gasteiger partial charge in [0.2, 0.25) is 0 Å². The SMILES string of the molecule is [2H]c1c([2H])c(C(OC(=O)ON2C(=O)CCC2=O)C([2H])([2H])[2H])c([2H])c([2H])c1Cl. The first-order valence-electron chi connectivity index (χ1n) is 8.86. The summed E-state index contributed by atoms with van der Waals surface area (Å²) in [6.07, 6.45) is -4.37. The number of ether oxygens (including phenoxy) is 1. The van der Waals surface area contributed by atoms with Crippen molar-refractivity contribution in [1.29, 1.82) is 0 Å². The van der Waals surface area contributed by atoms with Gasteiger partial charge in [-0.05, 0) is 24.5 Å². The Kier molecular flexibility index (Phi) is 2.26. The molecule has 1 aromatic rings. The van der Waals surface area contributed by atoms with Crippen LogP contribution < -0.4 is 0 Å². The van der Waals surface area contributed by atoms with E-state index in [9.17, 15) is 14.4 Å². The van der Waals surface area contributed by atoms with Gasteiger partial charge in [-0.15, -0.1) is 0 Å². The lowest BCUT2D eigenvalue weighted by Gasteiger charge is -2.16. The Morgan fingerprint density at radius 1 is 1.35 bits per heavy atom. The molecular formula is C13H12ClNO5. The quantitative estimate of drug-likeness (QED) is 0.634. The Morgan fingerprint density at radius 2 is 1.95 bits per heavy atom. The number of rotatable bonds is 3. The van der Waals surface area contributed by atoms with Crippen molar-refractivity contribution in [2.75, 3.05) is 0 Å². The summed E-state index contributed by atoms with van der Waals surface area (Å²) in [4.78, 5) is 39.2. The van der Waals surface area contributed by atoms with Gasteiger partial charge in [-0.3, -0.25) is 14.4 Å². The molecule has 7 heteroatoms. The number of hydrogen-bond acceptors (Lipinski definition) is 5. The van der Waals surface area contributed by atoms with Crippen LogP contribution in [0.15, 0.2) is 24.2 Å². The molecule has 6 nitrogen and oxygen atoms in total. The molecule has 1 aliphatic heterocycles. The third-order valence-corrected chi connectivity index (χ3v) is 2.45. The molecule has 0 N–H and O–H groups in total. The zero-order valence-corrected chi connectivity index (χ0v) is 10.6. The molecule has 0 aliphatic carbocycles. The van der Waals surface area contributed by atoms with E-state index in [4.69, 9.17) is 21.2 Å². The van der Waals surface area contributed by atoms with Gasteiger partial charge in [0.1, 0.15) is 6.10 Å². The number of amides is 2. The van der Waals surface area contributed by atoms with Crippen LogP contribution in [0.25, 0.3) is 0 Å². The number of carbonyl (C=O) groups is 3. The van der Waals surface area contributed by atoms with E-state index in [1.165, 1.54) is 0 Å². The van der Waals surface area contributed by atoms with Crippen LogP contribution in [0.4, 0.5) is 4.79 Å². The maximum atomic E-state index is 11.9. The first-order valence-corrected chi connectivity index (χ1v) is 5.74.